The predicted octanol–water partition coefficient (Wildman–Crippen LogP) is 4.10. The van der Waals surface area contributed by atoms with Crippen molar-refractivity contribution in [1.29, 1.82) is 0 Å². The number of hydrogen-bond acceptors (Lipinski definition) is 4. The number of methoxy groups -OCH3 is 1. The largest absolute Gasteiger partial charge is 0.496 e. The molecule has 0 heterocycles. The summed E-state index contributed by atoms with van der Waals surface area (Å²) in [5.41, 5.74) is 4.23. The van der Waals surface area contributed by atoms with Gasteiger partial charge in [-0.25, -0.2) is 0 Å². The number of benzene rings is 2. The zero-order valence-electron chi connectivity index (χ0n) is 15.6. The fourth-order valence-corrected chi connectivity index (χ4v) is 3.35. The van der Waals surface area contributed by atoms with E-state index in [0.29, 0.717) is 13.1 Å². The second kappa shape index (κ2) is 8.92. The van der Waals surface area contributed by atoms with Crippen molar-refractivity contribution in [3.63, 3.8) is 0 Å². The molecule has 1 N–H and O–H groups in total. The average Bonchev–Trinajstić information content (AvgIpc) is 2.55. The fourth-order valence-electron chi connectivity index (χ4n) is 2.94. The molecule has 0 saturated heterocycles. The monoisotopic (exact) mass is 358 g/mol. The van der Waals surface area contributed by atoms with Crippen LogP contribution in [0, 0.1) is 13.8 Å². The summed E-state index contributed by atoms with van der Waals surface area (Å²) in [5.74, 6) is 0.916. The molecule has 0 aliphatic rings. The lowest BCUT2D eigenvalue weighted by Crippen LogP contribution is -2.29. The number of thioether (sulfide) groups is 1. The number of hydrogen-bond donors (Lipinski definition) is 1. The summed E-state index contributed by atoms with van der Waals surface area (Å²) in [7, 11) is 3.64. The number of anilines is 1. The number of nitrogens with zero attached hydrogens (tertiary/aromatic N) is 1. The third-order valence-electron chi connectivity index (χ3n) is 3.96. The molecule has 0 aliphatic heterocycles. The Bertz CT molecular complexity index is 706. The lowest BCUT2D eigenvalue weighted by Gasteiger charge is -2.18. The molecule has 0 saturated carbocycles. The standard InChI is InChI=1S/C20H26N2O2S/c1-14-10-16(11-15(2)20(14)24-4)12-22(3)13-19(23)21-17-6-8-18(25-5)9-7-17/h6-11H,12-13H2,1-5H3,(H,21,23). The van der Waals surface area contributed by atoms with Gasteiger partial charge in [0.1, 0.15) is 5.75 Å². The second-order valence-electron chi connectivity index (χ2n) is 6.21. The van der Waals surface area contributed by atoms with Gasteiger partial charge in [-0.1, -0.05) is 12.1 Å². The fraction of sp³-hybridized carbons (Fsp3) is 0.350. The van der Waals surface area contributed by atoms with E-state index < -0.39 is 0 Å². The van der Waals surface area contributed by atoms with Crippen molar-refractivity contribution < 1.29 is 9.53 Å². The van der Waals surface area contributed by atoms with E-state index in [-0.39, 0.29) is 5.91 Å². The van der Waals surface area contributed by atoms with E-state index in [9.17, 15) is 4.79 Å². The number of rotatable bonds is 7. The Morgan fingerprint density at radius 1 is 1.16 bits per heavy atom. The van der Waals surface area contributed by atoms with Crippen molar-refractivity contribution in [2.24, 2.45) is 0 Å². The first-order valence-electron chi connectivity index (χ1n) is 8.19. The zero-order chi connectivity index (χ0) is 18.4. The topological polar surface area (TPSA) is 41.6 Å². The summed E-state index contributed by atoms with van der Waals surface area (Å²) in [6.45, 7) is 5.14. The van der Waals surface area contributed by atoms with Gasteiger partial charge in [-0.15, -0.1) is 11.8 Å². The number of ether oxygens (including phenoxy) is 1. The van der Waals surface area contributed by atoms with Gasteiger partial charge in [-0.05, 0) is 68.1 Å². The molecule has 25 heavy (non-hydrogen) atoms. The summed E-state index contributed by atoms with van der Waals surface area (Å²) < 4.78 is 5.40. The third kappa shape index (κ3) is 5.51. The molecule has 0 aliphatic carbocycles. The second-order valence-corrected chi connectivity index (χ2v) is 7.09. The van der Waals surface area contributed by atoms with E-state index in [4.69, 9.17) is 4.74 Å². The van der Waals surface area contributed by atoms with Gasteiger partial charge in [-0.3, -0.25) is 9.69 Å². The lowest BCUT2D eigenvalue weighted by atomic mass is 10.1. The van der Waals surface area contributed by atoms with Crippen LogP contribution in [0.1, 0.15) is 16.7 Å². The van der Waals surface area contributed by atoms with Crippen LogP contribution in [0.3, 0.4) is 0 Å². The Morgan fingerprint density at radius 3 is 2.28 bits per heavy atom. The molecule has 0 bridgehead atoms. The van der Waals surface area contributed by atoms with Gasteiger partial charge in [0.15, 0.2) is 0 Å². The Balaban J connectivity index is 1.92. The van der Waals surface area contributed by atoms with Gasteiger partial charge in [0.2, 0.25) is 5.91 Å². The molecule has 1 amide bonds. The molecule has 0 atom stereocenters. The van der Waals surface area contributed by atoms with Crippen molar-refractivity contribution in [3.05, 3.63) is 53.1 Å². The average molecular weight is 359 g/mol. The van der Waals surface area contributed by atoms with E-state index >= 15 is 0 Å². The molecule has 0 radical (unpaired) electrons. The minimum Gasteiger partial charge on any atom is -0.496 e. The molecule has 2 aromatic rings. The summed E-state index contributed by atoms with van der Waals surface area (Å²) >= 11 is 1.68. The summed E-state index contributed by atoms with van der Waals surface area (Å²) in [4.78, 5) is 15.4. The number of aryl methyl sites for hydroxylation is 2. The van der Waals surface area contributed by atoms with Crippen LogP contribution in [-0.2, 0) is 11.3 Å². The number of likely N-dealkylation sites (N-methyl/N-ethyl adjacent to an activating group) is 1. The Morgan fingerprint density at radius 2 is 1.76 bits per heavy atom. The zero-order valence-corrected chi connectivity index (χ0v) is 16.4. The van der Waals surface area contributed by atoms with Crippen LogP contribution in [0.25, 0.3) is 0 Å². The molecule has 0 fully saturated rings. The molecule has 2 aromatic carbocycles. The molecule has 0 spiro atoms. The van der Waals surface area contributed by atoms with Crippen molar-refractivity contribution in [1.82, 2.24) is 4.90 Å². The summed E-state index contributed by atoms with van der Waals surface area (Å²) in [6.07, 6.45) is 2.03. The maximum absolute atomic E-state index is 12.2. The Kier molecular flexibility index (Phi) is 6.91. The van der Waals surface area contributed by atoms with Gasteiger partial charge in [-0.2, -0.15) is 0 Å². The molecule has 0 unspecified atom stereocenters. The van der Waals surface area contributed by atoms with Crippen molar-refractivity contribution >= 4 is 23.4 Å². The maximum Gasteiger partial charge on any atom is 0.238 e. The lowest BCUT2D eigenvalue weighted by molar-refractivity contribution is -0.117. The van der Waals surface area contributed by atoms with Crippen LogP contribution >= 0.6 is 11.8 Å². The SMILES string of the molecule is COc1c(C)cc(CN(C)CC(=O)Nc2ccc(SC)cc2)cc1C. The van der Waals surface area contributed by atoms with Gasteiger partial charge in [0.05, 0.1) is 13.7 Å². The van der Waals surface area contributed by atoms with Crippen LogP contribution in [0.15, 0.2) is 41.3 Å². The first-order chi connectivity index (χ1) is 11.9. The molecule has 5 heteroatoms. The number of carbonyl (C=O) groups excluding carboxylic acids is 1. The highest BCUT2D eigenvalue weighted by atomic mass is 32.2. The van der Waals surface area contributed by atoms with E-state index in [0.717, 1.165) is 22.6 Å². The van der Waals surface area contributed by atoms with Crippen LogP contribution in [0.2, 0.25) is 0 Å². The van der Waals surface area contributed by atoms with Gasteiger partial charge < -0.3 is 10.1 Å². The van der Waals surface area contributed by atoms with Crippen LogP contribution in [0.4, 0.5) is 5.69 Å². The van der Waals surface area contributed by atoms with Crippen LogP contribution in [-0.4, -0.2) is 37.8 Å². The predicted molar refractivity (Wildman–Crippen MR) is 106 cm³/mol. The smallest absolute Gasteiger partial charge is 0.238 e. The summed E-state index contributed by atoms with van der Waals surface area (Å²) in [6, 6.07) is 12.1. The van der Waals surface area contributed by atoms with Crippen molar-refractivity contribution in [2.45, 2.75) is 25.3 Å². The molecule has 4 nitrogen and oxygen atoms in total. The molecule has 2 rings (SSSR count). The van der Waals surface area contributed by atoms with Gasteiger partial charge in [0, 0.05) is 17.1 Å². The highest BCUT2D eigenvalue weighted by Crippen LogP contribution is 2.24. The van der Waals surface area contributed by atoms with Crippen molar-refractivity contribution in [2.75, 3.05) is 32.3 Å². The minimum atomic E-state index is -0.0126. The molecule has 0 aromatic heterocycles. The first-order valence-corrected chi connectivity index (χ1v) is 9.42. The first kappa shape index (κ1) is 19.3. The van der Waals surface area contributed by atoms with E-state index in [1.165, 1.54) is 10.5 Å². The quantitative estimate of drug-likeness (QED) is 0.757. The minimum absolute atomic E-state index is 0.0126. The number of amides is 1. The molecule has 134 valence electrons. The van der Waals surface area contributed by atoms with Gasteiger partial charge >= 0.3 is 0 Å². The van der Waals surface area contributed by atoms with E-state index in [1.54, 1.807) is 18.9 Å². The van der Waals surface area contributed by atoms with Crippen LogP contribution < -0.4 is 10.1 Å². The van der Waals surface area contributed by atoms with E-state index in [2.05, 4.69) is 17.4 Å². The van der Waals surface area contributed by atoms with E-state index in [1.807, 2.05) is 56.3 Å². The number of carbonyl (C=O) groups is 1. The Labute approximate surface area is 154 Å². The highest BCUT2D eigenvalue weighted by molar-refractivity contribution is 7.98. The van der Waals surface area contributed by atoms with Gasteiger partial charge in [0.25, 0.3) is 0 Å². The Hall–Kier alpha value is -1.98. The highest BCUT2D eigenvalue weighted by Gasteiger charge is 2.10. The molecular weight excluding hydrogens is 332 g/mol. The molecular formula is C20H26N2O2S. The van der Waals surface area contributed by atoms with Crippen molar-refractivity contribution in [3.8, 4) is 5.75 Å². The summed E-state index contributed by atoms with van der Waals surface area (Å²) in [5, 5.41) is 2.94. The third-order valence-corrected chi connectivity index (χ3v) is 4.71. The normalized spacial score (nSPS) is 10.8. The number of nitrogens with one attached hydrogen (secondary N) is 1. The maximum atomic E-state index is 12.2. The van der Waals surface area contributed by atoms with Crippen LogP contribution in [0.5, 0.6) is 5.75 Å².